The number of benzene rings is 2. The molecule has 178 valence electrons. The molecule has 3 heterocycles. The second-order valence-electron chi connectivity index (χ2n) is 9.94. The molecule has 0 spiro atoms. The maximum atomic E-state index is 15.1. The number of hydrogen-bond acceptors (Lipinski definition) is 4. The van der Waals surface area contributed by atoms with E-state index in [0.29, 0.717) is 6.42 Å². The Balaban J connectivity index is 1.35. The maximum absolute atomic E-state index is 15.1. The lowest BCUT2D eigenvalue weighted by atomic mass is 9.89. The number of amidine groups is 1. The van der Waals surface area contributed by atoms with Crippen LogP contribution in [0, 0.1) is 19.7 Å². The van der Waals surface area contributed by atoms with Gasteiger partial charge in [0.1, 0.15) is 30.8 Å². The number of furan rings is 1. The van der Waals surface area contributed by atoms with Gasteiger partial charge in [0, 0.05) is 24.0 Å². The first-order valence-corrected chi connectivity index (χ1v) is 12.8. The summed E-state index contributed by atoms with van der Waals surface area (Å²) in [5.74, 6) is 1.79. The molecule has 0 saturated carbocycles. The van der Waals surface area contributed by atoms with Crippen LogP contribution >= 0.6 is 0 Å². The summed E-state index contributed by atoms with van der Waals surface area (Å²) in [6.07, 6.45) is 5.14. The molecule has 0 unspecified atom stereocenters. The molecule has 6 heteroatoms. The Hall–Kier alpha value is -2.60. The van der Waals surface area contributed by atoms with E-state index >= 15 is 4.39 Å². The van der Waals surface area contributed by atoms with Crippen LogP contribution in [0.5, 0.6) is 0 Å². The number of halogens is 1. The Morgan fingerprint density at radius 2 is 1.88 bits per heavy atom. The molecule has 0 atom stereocenters. The monoisotopic (exact) mass is 459 g/mol. The van der Waals surface area contributed by atoms with Crippen LogP contribution in [0.1, 0.15) is 47.3 Å². The number of nitrogens with zero attached hydrogens (tertiary/aromatic N) is 3. The zero-order chi connectivity index (χ0) is 23.7. The summed E-state index contributed by atoms with van der Waals surface area (Å²) in [6, 6.07) is 9.82. The molecular formula is C28H35BFN3O. The molecule has 34 heavy (non-hydrogen) atoms. The molecule has 0 aliphatic carbocycles. The molecule has 0 N–H and O–H groups in total. The van der Waals surface area contributed by atoms with E-state index in [0.717, 1.165) is 72.9 Å². The molecule has 1 saturated heterocycles. The molecule has 1 fully saturated rings. The molecule has 2 aliphatic rings. The molecule has 2 aliphatic heterocycles. The average Bonchev–Trinajstić information content (AvgIpc) is 3.56. The second kappa shape index (κ2) is 9.95. The Morgan fingerprint density at radius 1 is 1.06 bits per heavy atom. The Labute approximate surface area is 203 Å². The average molecular weight is 459 g/mol. The summed E-state index contributed by atoms with van der Waals surface area (Å²) >= 11 is 0. The van der Waals surface area contributed by atoms with Gasteiger partial charge in [-0.3, -0.25) is 4.99 Å². The lowest BCUT2D eigenvalue weighted by Gasteiger charge is -2.24. The van der Waals surface area contributed by atoms with Crippen LogP contribution in [0.25, 0.3) is 11.0 Å². The zero-order valence-electron chi connectivity index (χ0n) is 20.8. The predicted molar refractivity (Wildman–Crippen MR) is 141 cm³/mol. The van der Waals surface area contributed by atoms with Crippen LogP contribution in [0.15, 0.2) is 39.7 Å². The fraction of sp³-hybridized carbons (Fsp3) is 0.464. The van der Waals surface area contributed by atoms with Crippen molar-refractivity contribution in [2.75, 3.05) is 39.3 Å². The maximum Gasteiger partial charge on any atom is 0.139 e. The predicted octanol–water partition coefficient (Wildman–Crippen LogP) is 3.78. The first kappa shape index (κ1) is 23.2. The Kier molecular flexibility index (Phi) is 6.78. The van der Waals surface area contributed by atoms with E-state index in [1.807, 2.05) is 19.1 Å². The van der Waals surface area contributed by atoms with Gasteiger partial charge in [-0.05, 0) is 88.3 Å². The third-order valence-corrected chi connectivity index (χ3v) is 7.53. The van der Waals surface area contributed by atoms with Crippen LogP contribution in [-0.2, 0) is 12.8 Å². The van der Waals surface area contributed by atoms with Crippen molar-refractivity contribution >= 4 is 30.1 Å². The highest BCUT2D eigenvalue weighted by molar-refractivity contribution is 6.33. The van der Waals surface area contributed by atoms with Crippen molar-refractivity contribution in [1.29, 1.82) is 0 Å². The number of aliphatic imine (C=N–C) groups is 1. The Morgan fingerprint density at radius 3 is 2.71 bits per heavy atom. The number of fused-ring (bicyclic) bond motifs is 1. The van der Waals surface area contributed by atoms with Crippen LogP contribution < -0.4 is 5.46 Å². The Bertz CT molecular complexity index is 1210. The number of aryl methyl sites for hydroxylation is 3. The van der Waals surface area contributed by atoms with Gasteiger partial charge in [0.2, 0.25) is 0 Å². The molecule has 0 radical (unpaired) electrons. The van der Waals surface area contributed by atoms with Gasteiger partial charge in [0.15, 0.2) is 0 Å². The fourth-order valence-corrected chi connectivity index (χ4v) is 5.58. The summed E-state index contributed by atoms with van der Waals surface area (Å²) in [5, 5.41) is 1.17. The molecule has 0 bridgehead atoms. The van der Waals surface area contributed by atoms with Crippen molar-refractivity contribution in [3.05, 3.63) is 64.2 Å². The SMILES string of the molecule is Bc1cc(CCc2c(F)cccc2C2=NCCN2CCCN2CCCC2)c2oc(C)c(C)c2c1. The summed E-state index contributed by atoms with van der Waals surface area (Å²) in [7, 11) is 2.12. The summed E-state index contributed by atoms with van der Waals surface area (Å²) in [6.45, 7) is 10.4. The minimum Gasteiger partial charge on any atom is -0.461 e. The van der Waals surface area contributed by atoms with E-state index in [9.17, 15) is 0 Å². The second-order valence-corrected chi connectivity index (χ2v) is 9.94. The molecule has 4 nitrogen and oxygen atoms in total. The van der Waals surface area contributed by atoms with Gasteiger partial charge >= 0.3 is 0 Å². The van der Waals surface area contributed by atoms with E-state index in [1.54, 1.807) is 6.07 Å². The van der Waals surface area contributed by atoms with Gasteiger partial charge in [-0.2, -0.15) is 0 Å². The molecular weight excluding hydrogens is 424 g/mol. The third kappa shape index (κ3) is 4.65. The number of likely N-dealkylation sites (tertiary alicyclic amines) is 1. The molecule has 5 rings (SSSR count). The van der Waals surface area contributed by atoms with E-state index < -0.39 is 0 Å². The lowest BCUT2D eigenvalue weighted by Crippen LogP contribution is -2.32. The van der Waals surface area contributed by atoms with Crippen LogP contribution in [-0.4, -0.2) is 62.8 Å². The highest BCUT2D eigenvalue weighted by Gasteiger charge is 2.23. The smallest absolute Gasteiger partial charge is 0.139 e. The third-order valence-electron chi connectivity index (χ3n) is 7.53. The minimum absolute atomic E-state index is 0.139. The van der Waals surface area contributed by atoms with Crippen molar-refractivity contribution in [1.82, 2.24) is 9.80 Å². The molecule has 0 amide bonds. The van der Waals surface area contributed by atoms with Crippen molar-refractivity contribution in [3.63, 3.8) is 0 Å². The summed E-state index contributed by atoms with van der Waals surface area (Å²) in [4.78, 5) is 9.73. The first-order valence-electron chi connectivity index (χ1n) is 12.8. The van der Waals surface area contributed by atoms with Crippen molar-refractivity contribution in [2.24, 2.45) is 4.99 Å². The standard InChI is InChI=1S/C28H35BFN3O/c1-19-20(2)34-27-21(17-22(29)18-25(19)27)9-10-23-24(7-5-8-26(23)30)28-31-11-16-33(28)15-6-14-32-12-3-4-13-32/h5,7-8,17-18H,3-4,6,9-16,29H2,1-2H3. The topological polar surface area (TPSA) is 32.0 Å². The quantitative estimate of drug-likeness (QED) is 0.481. The molecule has 2 aromatic carbocycles. The number of hydrogen-bond donors (Lipinski definition) is 0. The minimum atomic E-state index is -0.139. The summed E-state index contributed by atoms with van der Waals surface area (Å²) in [5.41, 5.74) is 6.22. The molecule has 3 aromatic rings. The zero-order valence-corrected chi connectivity index (χ0v) is 20.8. The van der Waals surface area contributed by atoms with Gasteiger partial charge in [0.25, 0.3) is 0 Å². The highest BCUT2D eigenvalue weighted by atomic mass is 19.1. The highest BCUT2D eigenvalue weighted by Crippen LogP contribution is 2.28. The molecule has 1 aromatic heterocycles. The van der Waals surface area contributed by atoms with E-state index in [4.69, 9.17) is 9.41 Å². The fourth-order valence-electron chi connectivity index (χ4n) is 5.58. The number of rotatable bonds is 8. The van der Waals surface area contributed by atoms with Gasteiger partial charge in [-0.25, -0.2) is 4.39 Å². The normalized spacial score (nSPS) is 16.7. The first-order chi connectivity index (χ1) is 16.5. The lowest BCUT2D eigenvalue weighted by molar-refractivity contribution is 0.313. The van der Waals surface area contributed by atoms with Crippen molar-refractivity contribution in [2.45, 2.75) is 46.0 Å². The van der Waals surface area contributed by atoms with Gasteiger partial charge in [-0.1, -0.05) is 29.7 Å². The van der Waals surface area contributed by atoms with Gasteiger partial charge in [-0.15, -0.1) is 0 Å². The van der Waals surface area contributed by atoms with Crippen LogP contribution in [0.4, 0.5) is 4.39 Å². The van der Waals surface area contributed by atoms with Crippen molar-refractivity contribution in [3.8, 4) is 0 Å². The van der Waals surface area contributed by atoms with E-state index in [1.165, 1.54) is 42.3 Å². The van der Waals surface area contributed by atoms with E-state index in [-0.39, 0.29) is 5.82 Å². The van der Waals surface area contributed by atoms with Crippen LogP contribution in [0.2, 0.25) is 0 Å². The van der Waals surface area contributed by atoms with Crippen molar-refractivity contribution < 1.29 is 8.81 Å². The van der Waals surface area contributed by atoms with E-state index in [2.05, 4.69) is 36.7 Å². The van der Waals surface area contributed by atoms with Gasteiger partial charge < -0.3 is 14.2 Å². The van der Waals surface area contributed by atoms with Crippen LogP contribution in [0.3, 0.4) is 0 Å². The largest absolute Gasteiger partial charge is 0.461 e. The van der Waals surface area contributed by atoms with Gasteiger partial charge in [0.05, 0.1) is 6.54 Å². The summed E-state index contributed by atoms with van der Waals surface area (Å²) < 4.78 is 21.3.